The highest BCUT2D eigenvalue weighted by atomic mass is 16.3. The maximum Gasteiger partial charge on any atom is 0.0802 e. The topological polar surface area (TPSA) is 23.5 Å². The second-order valence-electron chi connectivity index (χ2n) is 6.22. The van der Waals surface area contributed by atoms with E-state index in [-0.39, 0.29) is 6.10 Å². The highest BCUT2D eigenvalue weighted by molar-refractivity contribution is 5.17. The first kappa shape index (κ1) is 14.5. The monoisotopic (exact) mass is 261 g/mol. The molecule has 0 amide bonds. The van der Waals surface area contributed by atoms with Crippen LogP contribution in [-0.2, 0) is 0 Å². The average molecular weight is 261 g/mol. The Morgan fingerprint density at radius 2 is 1.84 bits per heavy atom. The Bertz CT molecular complexity index is 368. The van der Waals surface area contributed by atoms with Gasteiger partial charge in [-0.2, -0.15) is 0 Å². The number of hydrogen-bond donors (Lipinski definition) is 1. The van der Waals surface area contributed by atoms with E-state index in [0.29, 0.717) is 5.41 Å². The van der Waals surface area contributed by atoms with E-state index in [1.54, 1.807) is 0 Å². The third-order valence-corrected chi connectivity index (χ3v) is 4.82. The molecule has 0 bridgehead atoms. The van der Waals surface area contributed by atoms with Crippen LogP contribution in [0.2, 0.25) is 0 Å². The molecule has 2 rings (SSSR count). The molecule has 0 saturated carbocycles. The van der Waals surface area contributed by atoms with E-state index in [2.05, 4.69) is 18.7 Å². The van der Waals surface area contributed by atoms with Crippen molar-refractivity contribution in [2.75, 3.05) is 19.6 Å². The number of benzene rings is 1. The molecule has 1 aliphatic rings. The number of piperidine rings is 1. The Labute approximate surface area is 117 Å². The van der Waals surface area contributed by atoms with Gasteiger partial charge in [0.1, 0.15) is 0 Å². The summed E-state index contributed by atoms with van der Waals surface area (Å²) < 4.78 is 0. The largest absolute Gasteiger partial charge is 0.388 e. The molecule has 106 valence electrons. The average Bonchev–Trinajstić information content (AvgIpc) is 2.47. The third-order valence-electron chi connectivity index (χ3n) is 4.82. The van der Waals surface area contributed by atoms with Gasteiger partial charge in [0.15, 0.2) is 0 Å². The van der Waals surface area contributed by atoms with E-state index < -0.39 is 0 Å². The fraction of sp³-hybridized carbons (Fsp3) is 0.647. The first-order valence-corrected chi connectivity index (χ1v) is 7.58. The van der Waals surface area contributed by atoms with Gasteiger partial charge in [-0.05, 0) is 43.3 Å². The number of nitrogens with zero attached hydrogens (tertiary/aromatic N) is 1. The molecule has 1 N–H and O–H groups in total. The van der Waals surface area contributed by atoms with Crippen LogP contribution in [0, 0.1) is 5.41 Å². The lowest BCUT2D eigenvalue weighted by atomic mass is 9.78. The van der Waals surface area contributed by atoms with Crippen LogP contribution in [0.5, 0.6) is 0 Å². The van der Waals surface area contributed by atoms with Crippen molar-refractivity contribution in [2.45, 2.75) is 45.6 Å². The summed E-state index contributed by atoms with van der Waals surface area (Å²) in [6, 6.07) is 9.99. The van der Waals surface area contributed by atoms with Crippen molar-refractivity contribution >= 4 is 0 Å². The van der Waals surface area contributed by atoms with Gasteiger partial charge in [-0.15, -0.1) is 0 Å². The van der Waals surface area contributed by atoms with E-state index in [1.165, 1.54) is 32.4 Å². The van der Waals surface area contributed by atoms with Crippen molar-refractivity contribution in [3.8, 4) is 0 Å². The number of hydrogen-bond acceptors (Lipinski definition) is 2. The van der Waals surface area contributed by atoms with Gasteiger partial charge in [0.05, 0.1) is 6.10 Å². The molecular weight excluding hydrogens is 234 g/mol. The molecule has 0 aromatic heterocycles. The summed E-state index contributed by atoms with van der Waals surface area (Å²) in [5, 5.41) is 10.2. The minimum atomic E-state index is -0.319. The van der Waals surface area contributed by atoms with Gasteiger partial charge in [-0.25, -0.2) is 0 Å². The molecule has 0 aliphatic carbocycles. The quantitative estimate of drug-likeness (QED) is 0.875. The molecule has 1 aliphatic heterocycles. The smallest absolute Gasteiger partial charge is 0.0802 e. The highest BCUT2D eigenvalue weighted by Crippen LogP contribution is 2.34. The maximum absolute atomic E-state index is 10.2. The molecule has 19 heavy (non-hydrogen) atoms. The molecule has 1 atom stereocenters. The molecule has 0 radical (unpaired) electrons. The second kappa shape index (κ2) is 6.53. The Morgan fingerprint density at radius 1 is 1.21 bits per heavy atom. The zero-order valence-corrected chi connectivity index (χ0v) is 12.3. The van der Waals surface area contributed by atoms with Gasteiger partial charge in [0.25, 0.3) is 0 Å². The summed E-state index contributed by atoms with van der Waals surface area (Å²) >= 11 is 0. The first-order valence-electron chi connectivity index (χ1n) is 7.58. The summed E-state index contributed by atoms with van der Waals surface area (Å²) in [5.41, 5.74) is 1.59. The van der Waals surface area contributed by atoms with Crippen LogP contribution in [0.1, 0.15) is 51.2 Å². The molecule has 1 heterocycles. The number of aliphatic hydroxyl groups excluding tert-OH is 1. The fourth-order valence-corrected chi connectivity index (χ4v) is 2.82. The van der Waals surface area contributed by atoms with Gasteiger partial charge in [0.2, 0.25) is 0 Å². The summed E-state index contributed by atoms with van der Waals surface area (Å²) in [7, 11) is 0. The minimum absolute atomic E-state index is 0.319. The Balaban J connectivity index is 1.75. The maximum atomic E-state index is 10.2. The lowest BCUT2D eigenvalue weighted by molar-refractivity contribution is 0.0910. The van der Waals surface area contributed by atoms with Crippen molar-refractivity contribution < 1.29 is 5.11 Å². The molecular formula is C17H27NO. The summed E-state index contributed by atoms with van der Waals surface area (Å²) in [6.07, 6.45) is 4.40. The van der Waals surface area contributed by atoms with Crippen LogP contribution in [-0.4, -0.2) is 29.6 Å². The lowest BCUT2D eigenvalue weighted by Gasteiger charge is -2.39. The van der Waals surface area contributed by atoms with Crippen molar-refractivity contribution in [1.29, 1.82) is 0 Å². The molecule has 2 nitrogen and oxygen atoms in total. The van der Waals surface area contributed by atoms with Crippen LogP contribution in [0.3, 0.4) is 0 Å². The number of aliphatic hydroxyl groups is 1. The molecule has 1 aromatic carbocycles. The van der Waals surface area contributed by atoms with Crippen molar-refractivity contribution in [3.63, 3.8) is 0 Å². The van der Waals surface area contributed by atoms with Crippen LogP contribution in [0.4, 0.5) is 0 Å². The van der Waals surface area contributed by atoms with E-state index in [4.69, 9.17) is 0 Å². The Hall–Kier alpha value is -0.860. The Kier molecular flexibility index (Phi) is 5.00. The van der Waals surface area contributed by atoms with Gasteiger partial charge in [0, 0.05) is 6.54 Å². The predicted molar refractivity (Wildman–Crippen MR) is 80.1 cm³/mol. The van der Waals surface area contributed by atoms with Crippen molar-refractivity contribution in [3.05, 3.63) is 35.9 Å². The van der Waals surface area contributed by atoms with Gasteiger partial charge in [-0.1, -0.05) is 50.6 Å². The summed E-state index contributed by atoms with van der Waals surface area (Å²) in [6.45, 7) is 8.09. The lowest BCUT2D eigenvalue weighted by Crippen LogP contribution is -2.39. The third kappa shape index (κ3) is 4.05. The van der Waals surface area contributed by atoms with Gasteiger partial charge >= 0.3 is 0 Å². The normalized spacial score (nSPS) is 21.2. The SMILES string of the molecule is CCC1(C)CCN(CCC(O)c2ccccc2)CC1. The standard InChI is InChI=1S/C17H27NO/c1-3-17(2)10-13-18(14-11-17)12-9-16(19)15-7-5-4-6-8-15/h4-8,16,19H,3,9-14H2,1-2H3. The van der Waals surface area contributed by atoms with Crippen LogP contribution in [0.25, 0.3) is 0 Å². The van der Waals surface area contributed by atoms with E-state index >= 15 is 0 Å². The molecule has 0 spiro atoms. The zero-order valence-electron chi connectivity index (χ0n) is 12.3. The van der Waals surface area contributed by atoms with Crippen LogP contribution < -0.4 is 0 Å². The number of likely N-dealkylation sites (tertiary alicyclic amines) is 1. The zero-order chi connectivity index (χ0) is 13.7. The summed E-state index contributed by atoms with van der Waals surface area (Å²) in [4.78, 5) is 2.50. The minimum Gasteiger partial charge on any atom is -0.388 e. The predicted octanol–water partition coefficient (Wildman–Crippen LogP) is 3.62. The van der Waals surface area contributed by atoms with Gasteiger partial charge < -0.3 is 10.0 Å². The summed E-state index contributed by atoms with van der Waals surface area (Å²) in [5.74, 6) is 0. The molecule has 1 fully saturated rings. The van der Waals surface area contributed by atoms with Crippen LogP contribution in [0.15, 0.2) is 30.3 Å². The first-order chi connectivity index (χ1) is 9.13. The highest BCUT2D eigenvalue weighted by Gasteiger charge is 2.28. The fourth-order valence-electron chi connectivity index (χ4n) is 2.82. The van der Waals surface area contributed by atoms with E-state index in [9.17, 15) is 5.11 Å². The van der Waals surface area contributed by atoms with Crippen molar-refractivity contribution in [2.24, 2.45) is 5.41 Å². The second-order valence-corrected chi connectivity index (χ2v) is 6.22. The van der Waals surface area contributed by atoms with E-state index in [1.807, 2.05) is 30.3 Å². The molecule has 1 saturated heterocycles. The van der Waals surface area contributed by atoms with Crippen molar-refractivity contribution in [1.82, 2.24) is 4.90 Å². The van der Waals surface area contributed by atoms with E-state index in [0.717, 1.165) is 18.5 Å². The Morgan fingerprint density at radius 3 is 2.42 bits per heavy atom. The molecule has 2 heteroatoms. The van der Waals surface area contributed by atoms with Gasteiger partial charge in [-0.3, -0.25) is 0 Å². The molecule has 1 aromatic rings. The van der Waals surface area contributed by atoms with Crippen LogP contribution >= 0.6 is 0 Å². The molecule has 1 unspecified atom stereocenters. The number of rotatable bonds is 5.